The number of allylic oxidation sites excluding steroid dienone is 1. The van der Waals surface area contributed by atoms with Crippen molar-refractivity contribution in [1.82, 2.24) is 0 Å². The van der Waals surface area contributed by atoms with Crippen molar-refractivity contribution >= 4 is 17.8 Å². The van der Waals surface area contributed by atoms with Gasteiger partial charge in [0.15, 0.2) is 17.3 Å². The van der Waals surface area contributed by atoms with Crippen LogP contribution in [-0.2, 0) is 0 Å². The van der Waals surface area contributed by atoms with Gasteiger partial charge in [0.05, 0.1) is 35.5 Å². The molecule has 0 amide bonds. The van der Waals surface area contributed by atoms with Gasteiger partial charge in [-0.05, 0) is 60.2 Å². The molecule has 3 rings (SSSR count). The van der Waals surface area contributed by atoms with Crippen molar-refractivity contribution in [2.75, 3.05) is 35.5 Å². The Bertz CT molecular complexity index is 1180. The standard InChI is InChI=1S/C27H26O8/c1-30-21-7-6-8-22(31-2)25(21)27(29)35-19-12-10-18(11-13-19)20(28)14-9-17-15-23(32-3)26(34-5)24(16-17)33-4/h6-16H,1-5H3. The highest BCUT2D eigenvalue weighted by Gasteiger charge is 2.20. The van der Waals surface area contributed by atoms with Gasteiger partial charge in [-0.2, -0.15) is 0 Å². The maximum absolute atomic E-state index is 12.7. The van der Waals surface area contributed by atoms with Gasteiger partial charge in [0.25, 0.3) is 0 Å². The van der Waals surface area contributed by atoms with Gasteiger partial charge in [0.1, 0.15) is 22.8 Å². The summed E-state index contributed by atoms with van der Waals surface area (Å²) < 4.78 is 31.9. The minimum absolute atomic E-state index is 0.172. The fourth-order valence-electron chi connectivity index (χ4n) is 3.36. The Labute approximate surface area is 203 Å². The lowest BCUT2D eigenvalue weighted by atomic mass is 10.1. The van der Waals surface area contributed by atoms with Crippen LogP contribution in [-0.4, -0.2) is 47.3 Å². The smallest absolute Gasteiger partial charge is 0.351 e. The number of ether oxygens (including phenoxy) is 6. The lowest BCUT2D eigenvalue weighted by Crippen LogP contribution is -2.12. The monoisotopic (exact) mass is 478 g/mol. The third-order valence-corrected chi connectivity index (χ3v) is 5.10. The topological polar surface area (TPSA) is 89.5 Å². The van der Waals surface area contributed by atoms with E-state index in [1.807, 2.05) is 0 Å². The fourth-order valence-corrected chi connectivity index (χ4v) is 3.36. The highest BCUT2D eigenvalue weighted by molar-refractivity contribution is 6.07. The Hall–Kier alpha value is -4.46. The number of hydrogen-bond acceptors (Lipinski definition) is 8. The maximum atomic E-state index is 12.7. The average molecular weight is 478 g/mol. The minimum Gasteiger partial charge on any atom is -0.496 e. The Morgan fingerprint density at radius 1 is 0.686 bits per heavy atom. The van der Waals surface area contributed by atoms with Crippen LogP contribution >= 0.6 is 0 Å². The first kappa shape index (κ1) is 25.2. The van der Waals surface area contributed by atoms with E-state index in [2.05, 4.69) is 0 Å². The summed E-state index contributed by atoms with van der Waals surface area (Å²) in [5, 5.41) is 0. The number of methoxy groups -OCH3 is 5. The predicted octanol–water partition coefficient (Wildman–Crippen LogP) is 4.84. The van der Waals surface area contributed by atoms with E-state index < -0.39 is 5.97 Å². The molecule has 35 heavy (non-hydrogen) atoms. The molecular formula is C27H26O8. The summed E-state index contributed by atoms with van der Waals surface area (Å²) in [7, 11) is 7.48. The molecule has 0 heterocycles. The second-order valence-corrected chi connectivity index (χ2v) is 7.11. The summed E-state index contributed by atoms with van der Waals surface area (Å²) in [6, 6.07) is 14.7. The number of carbonyl (C=O) groups is 2. The largest absolute Gasteiger partial charge is 0.496 e. The summed E-state index contributed by atoms with van der Waals surface area (Å²) >= 11 is 0. The molecule has 0 aromatic heterocycles. The molecule has 3 aromatic carbocycles. The second kappa shape index (κ2) is 11.6. The molecule has 0 fully saturated rings. The first-order chi connectivity index (χ1) is 16.9. The molecule has 8 nitrogen and oxygen atoms in total. The summed E-state index contributed by atoms with van der Waals surface area (Å²) in [6.45, 7) is 0. The van der Waals surface area contributed by atoms with E-state index in [4.69, 9.17) is 28.4 Å². The van der Waals surface area contributed by atoms with E-state index in [1.54, 1.807) is 60.7 Å². The van der Waals surface area contributed by atoms with Gasteiger partial charge in [-0.3, -0.25) is 4.79 Å². The number of benzene rings is 3. The zero-order valence-electron chi connectivity index (χ0n) is 20.1. The number of rotatable bonds is 10. The van der Waals surface area contributed by atoms with Gasteiger partial charge in [-0.15, -0.1) is 0 Å². The van der Waals surface area contributed by atoms with Crippen LogP contribution in [0.2, 0.25) is 0 Å². The third-order valence-electron chi connectivity index (χ3n) is 5.10. The summed E-state index contributed by atoms with van der Waals surface area (Å²) in [6.07, 6.45) is 3.08. The predicted molar refractivity (Wildman–Crippen MR) is 130 cm³/mol. The Morgan fingerprint density at radius 2 is 1.23 bits per heavy atom. The van der Waals surface area contributed by atoms with E-state index in [0.29, 0.717) is 39.9 Å². The average Bonchev–Trinajstić information content (AvgIpc) is 2.90. The van der Waals surface area contributed by atoms with E-state index in [-0.39, 0.29) is 17.1 Å². The van der Waals surface area contributed by atoms with Gasteiger partial charge >= 0.3 is 5.97 Å². The first-order valence-corrected chi connectivity index (χ1v) is 10.5. The fraction of sp³-hybridized carbons (Fsp3) is 0.185. The van der Waals surface area contributed by atoms with Crippen LogP contribution in [0.1, 0.15) is 26.3 Å². The van der Waals surface area contributed by atoms with Crippen LogP contribution in [0.3, 0.4) is 0 Å². The number of ketones is 1. The summed E-state index contributed by atoms with van der Waals surface area (Å²) in [5.74, 6) is 1.50. The molecular weight excluding hydrogens is 452 g/mol. The highest BCUT2D eigenvalue weighted by Crippen LogP contribution is 2.38. The van der Waals surface area contributed by atoms with Crippen molar-refractivity contribution in [1.29, 1.82) is 0 Å². The van der Waals surface area contributed by atoms with Gasteiger partial charge in [-0.25, -0.2) is 4.79 Å². The van der Waals surface area contributed by atoms with Crippen LogP contribution in [0.5, 0.6) is 34.5 Å². The first-order valence-electron chi connectivity index (χ1n) is 10.5. The van der Waals surface area contributed by atoms with Crippen LogP contribution in [0.15, 0.2) is 60.7 Å². The summed E-state index contributed by atoms with van der Waals surface area (Å²) in [5.41, 5.74) is 1.29. The molecule has 0 aliphatic rings. The SMILES string of the molecule is COc1cc(C=CC(=O)c2ccc(OC(=O)c3c(OC)cccc3OC)cc2)cc(OC)c1OC. The maximum Gasteiger partial charge on any atom is 0.351 e. The highest BCUT2D eigenvalue weighted by atomic mass is 16.5. The molecule has 0 aliphatic carbocycles. The molecule has 3 aromatic rings. The summed E-state index contributed by atoms with van der Waals surface area (Å²) in [4.78, 5) is 25.4. The molecule has 0 atom stereocenters. The zero-order valence-corrected chi connectivity index (χ0v) is 20.1. The Morgan fingerprint density at radius 3 is 1.71 bits per heavy atom. The van der Waals surface area contributed by atoms with Crippen molar-refractivity contribution in [2.45, 2.75) is 0 Å². The van der Waals surface area contributed by atoms with Crippen molar-refractivity contribution in [3.63, 3.8) is 0 Å². The molecule has 0 saturated carbocycles. The Kier molecular flexibility index (Phi) is 8.34. The molecule has 0 spiro atoms. The van der Waals surface area contributed by atoms with Gasteiger partial charge < -0.3 is 28.4 Å². The molecule has 0 saturated heterocycles. The Balaban J connectivity index is 1.75. The number of carbonyl (C=O) groups excluding carboxylic acids is 2. The minimum atomic E-state index is -0.638. The van der Waals surface area contributed by atoms with Gasteiger partial charge in [0.2, 0.25) is 5.75 Å². The van der Waals surface area contributed by atoms with Crippen LogP contribution in [0.25, 0.3) is 6.08 Å². The van der Waals surface area contributed by atoms with Crippen LogP contribution < -0.4 is 28.4 Å². The normalized spacial score (nSPS) is 10.5. The van der Waals surface area contributed by atoms with Crippen molar-refractivity contribution < 1.29 is 38.0 Å². The molecule has 0 bridgehead atoms. The quantitative estimate of drug-likeness (QED) is 0.177. The zero-order chi connectivity index (χ0) is 25.4. The van der Waals surface area contributed by atoms with Crippen LogP contribution in [0, 0.1) is 0 Å². The third kappa shape index (κ3) is 5.73. The van der Waals surface area contributed by atoms with Crippen molar-refractivity contribution in [3.05, 3.63) is 77.4 Å². The van der Waals surface area contributed by atoms with Gasteiger partial charge in [-0.1, -0.05) is 12.1 Å². The molecule has 182 valence electrons. The lowest BCUT2D eigenvalue weighted by Gasteiger charge is -2.12. The second-order valence-electron chi connectivity index (χ2n) is 7.11. The number of hydrogen-bond donors (Lipinski definition) is 0. The van der Waals surface area contributed by atoms with Crippen molar-refractivity contribution in [2.24, 2.45) is 0 Å². The molecule has 0 aliphatic heterocycles. The van der Waals surface area contributed by atoms with Gasteiger partial charge in [0, 0.05) is 5.56 Å². The van der Waals surface area contributed by atoms with E-state index in [0.717, 1.165) is 0 Å². The lowest BCUT2D eigenvalue weighted by molar-refractivity contribution is 0.0727. The van der Waals surface area contributed by atoms with Crippen LogP contribution in [0.4, 0.5) is 0 Å². The van der Waals surface area contributed by atoms with E-state index in [1.165, 1.54) is 41.6 Å². The molecule has 0 unspecified atom stereocenters. The molecule has 8 heteroatoms. The number of esters is 1. The van der Waals surface area contributed by atoms with E-state index >= 15 is 0 Å². The van der Waals surface area contributed by atoms with Crippen molar-refractivity contribution in [3.8, 4) is 34.5 Å². The molecule has 0 radical (unpaired) electrons. The van der Waals surface area contributed by atoms with E-state index in [9.17, 15) is 9.59 Å². The molecule has 0 N–H and O–H groups in total.